The molecule has 2 fully saturated rings. The minimum absolute atomic E-state index is 0.00837. The van der Waals surface area contributed by atoms with Crippen LogP contribution in [-0.2, 0) is 16.8 Å². The summed E-state index contributed by atoms with van der Waals surface area (Å²) in [6.45, 7) is 8.96. The van der Waals surface area contributed by atoms with E-state index in [0.29, 0.717) is 25.1 Å². The molecular formula is C27H38N4O2. The van der Waals surface area contributed by atoms with Crippen LogP contribution in [0.2, 0.25) is 0 Å². The summed E-state index contributed by atoms with van der Waals surface area (Å²) in [5, 5.41) is 10.9. The van der Waals surface area contributed by atoms with Crippen LogP contribution in [0.3, 0.4) is 0 Å². The van der Waals surface area contributed by atoms with Crippen molar-refractivity contribution in [1.29, 1.82) is 0 Å². The number of benzene rings is 1. The lowest BCUT2D eigenvalue weighted by Crippen LogP contribution is -2.44. The quantitative estimate of drug-likeness (QED) is 0.662. The van der Waals surface area contributed by atoms with E-state index in [2.05, 4.69) is 53.0 Å². The van der Waals surface area contributed by atoms with Crippen LogP contribution >= 0.6 is 0 Å². The Balaban J connectivity index is 1.45. The number of aromatic nitrogens is 1. The smallest absolute Gasteiger partial charge is 0.230 e. The number of amides is 1. The first-order valence-electron chi connectivity index (χ1n) is 12.5. The minimum atomic E-state index is -0.891. The third kappa shape index (κ3) is 5.07. The number of carbonyl (C=O) groups excluding carboxylic acids is 1. The van der Waals surface area contributed by atoms with E-state index in [-0.39, 0.29) is 11.8 Å². The number of hydrogen-bond donors (Lipinski definition) is 1. The van der Waals surface area contributed by atoms with E-state index in [1.807, 2.05) is 24.0 Å². The van der Waals surface area contributed by atoms with Gasteiger partial charge in [-0.15, -0.1) is 0 Å². The fourth-order valence-electron chi connectivity index (χ4n) is 5.21. The summed E-state index contributed by atoms with van der Waals surface area (Å²) in [6.07, 6.45) is 5.60. The minimum Gasteiger partial charge on any atom is -0.384 e. The summed E-state index contributed by atoms with van der Waals surface area (Å²) in [4.78, 5) is 24.6. The molecule has 0 saturated carbocycles. The van der Waals surface area contributed by atoms with Crippen molar-refractivity contribution in [3.8, 4) is 0 Å². The monoisotopic (exact) mass is 450 g/mol. The number of para-hydroxylation sites is 1. The Morgan fingerprint density at radius 3 is 2.48 bits per heavy atom. The second kappa shape index (κ2) is 10.2. The van der Waals surface area contributed by atoms with E-state index < -0.39 is 5.60 Å². The molecule has 6 nitrogen and oxygen atoms in total. The van der Waals surface area contributed by atoms with Crippen LogP contribution in [0.15, 0.2) is 42.6 Å². The number of rotatable bonds is 8. The van der Waals surface area contributed by atoms with E-state index in [1.54, 1.807) is 6.20 Å². The van der Waals surface area contributed by atoms with Crippen LogP contribution in [-0.4, -0.2) is 60.7 Å². The number of likely N-dealkylation sites (N-methyl/N-ethyl adjacent to an activating group) is 1. The van der Waals surface area contributed by atoms with Gasteiger partial charge in [0, 0.05) is 44.3 Å². The average molecular weight is 451 g/mol. The molecule has 1 amide bonds. The number of nitrogens with zero attached hydrogens (tertiary/aromatic N) is 4. The molecule has 0 spiro atoms. The molecule has 2 atom stereocenters. The second-order valence-corrected chi connectivity index (χ2v) is 9.64. The van der Waals surface area contributed by atoms with Gasteiger partial charge < -0.3 is 19.8 Å². The second-order valence-electron chi connectivity index (χ2n) is 9.64. The maximum atomic E-state index is 13.3. The van der Waals surface area contributed by atoms with Gasteiger partial charge in [0.15, 0.2) is 0 Å². The van der Waals surface area contributed by atoms with Gasteiger partial charge in [0.1, 0.15) is 5.60 Å². The number of piperazine rings is 1. The average Bonchev–Trinajstić information content (AvgIpc) is 3.20. The van der Waals surface area contributed by atoms with Crippen LogP contribution in [0.4, 0.5) is 11.4 Å². The van der Waals surface area contributed by atoms with Gasteiger partial charge in [-0.25, -0.2) is 0 Å². The predicted molar refractivity (Wildman–Crippen MR) is 134 cm³/mol. The first-order valence-corrected chi connectivity index (χ1v) is 12.5. The highest BCUT2D eigenvalue weighted by Crippen LogP contribution is 2.33. The predicted octanol–water partition coefficient (Wildman–Crippen LogP) is 3.83. The molecule has 2 aliphatic rings. The van der Waals surface area contributed by atoms with Crippen molar-refractivity contribution in [2.75, 3.05) is 49.6 Å². The zero-order valence-electron chi connectivity index (χ0n) is 20.3. The molecule has 2 aliphatic heterocycles. The molecule has 0 radical (unpaired) electrons. The molecule has 4 rings (SSSR count). The maximum Gasteiger partial charge on any atom is 0.230 e. The van der Waals surface area contributed by atoms with E-state index in [9.17, 15) is 9.90 Å². The van der Waals surface area contributed by atoms with Crippen LogP contribution in [0.1, 0.15) is 50.8 Å². The Bertz CT molecular complexity index is 939. The highest BCUT2D eigenvalue weighted by atomic mass is 16.3. The maximum absolute atomic E-state index is 13.3. The zero-order valence-corrected chi connectivity index (χ0v) is 20.3. The molecule has 2 aromatic rings. The van der Waals surface area contributed by atoms with Crippen molar-refractivity contribution in [3.05, 3.63) is 53.9 Å². The highest BCUT2D eigenvalue weighted by Gasteiger charge is 2.34. The lowest BCUT2D eigenvalue weighted by molar-refractivity contribution is -0.120. The van der Waals surface area contributed by atoms with Gasteiger partial charge >= 0.3 is 0 Å². The van der Waals surface area contributed by atoms with E-state index >= 15 is 0 Å². The summed E-state index contributed by atoms with van der Waals surface area (Å²) >= 11 is 0. The number of anilines is 2. The first-order chi connectivity index (χ1) is 15.9. The molecular weight excluding hydrogens is 412 g/mol. The van der Waals surface area contributed by atoms with Gasteiger partial charge in [-0.3, -0.25) is 9.78 Å². The Morgan fingerprint density at radius 2 is 1.82 bits per heavy atom. The molecule has 33 heavy (non-hydrogen) atoms. The molecule has 1 N–H and O–H groups in total. The molecule has 1 unspecified atom stereocenters. The largest absolute Gasteiger partial charge is 0.384 e. The number of aliphatic hydroxyl groups is 1. The fourth-order valence-corrected chi connectivity index (χ4v) is 5.21. The van der Waals surface area contributed by atoms with Crippen molar-refractivity contribution in [2.24, 2.45) is 5.92 Å². The van der Waals surface area contributed by atoms with E-state index in [0.717, 1.165) is 51.1 Å². The van der Waals surface area contributed by atoms with Crippen molar-refractivity contribution in [2.45, 2.75) is 51.6 Å². The van der Waals surface area contributed by atoms with Gasteiger partial charge in [-0.05, 0) is 56.5 Å². The van der Waals surface area contributed by atoms with Crippen molar-refractivity contribution in [3.63, 3.8) is 0 Å². The molecule has 178 valence electrons. The molecule has 6 heteroatoms. The van der Waals surface area contributed by atoms with Gasteiger partial charge in [0.25, 0.3) is 0 Å². The standard InChI is InChI=1S/C27H38N4O2/c1-4-13-27(33,5-2)25-11-10-23(20-28-25)31-14-12-22(26(31)32)19-21-8-6-7-9-24(21)30-17-15-29(3)16-18-30/h6-11,20,22,33H,4-5,12-19H2,1-3H3/t22-,27?/m0/s1. The van der Waals surface area contributed by atoms with E-state index in [1.165, 1.54) is 11.3 Å². The third-order valence-electron chi connectivity index (χ3n) is 7.40. The molecule has 3 heterocycles. The van der Waals surface area contributed by atoms with Crippen LogP contribution < -0.4 is 9.80 Å². The molecule has 0 bridgehead atoms. The Labute approximate surface area is 198 Å². The number of carbonyl (C=O) groups is 1. The van der Waals surface area contributed by atoms with Crippen LogP contribution in [0, 0.1) is 5.92 Å². The SMILES string of the molecule is CCCC(O)(CC)c1ccc(N2CC[C@@H](Cc3ccccc3N3CCN(C)CC3)C2=O)cn1. The fraction of sp³-hybridized carbons (Fsp3) is 0.556. The zero-order chi connectivity index (χ0) is 23.4. The third-order valence-corrected chi connectivity index (χ3v) is 7.40. The van der Waals surface area contributed by atoms with Crippen molar-refractivity contribution < 1.29 is 9.90 Å². The van der Waals surface area contributed by atoms with Gasteiger partial charge in [-0.2, -0.15) is 0 Å². The summed E-state index contributed by atoms with van der Waals surface area (Å²) in [6, 6.07) is 12.4. The van der Waals surface area contributed by atoms with Crippen molar-refractivity contribution >= 4 is 17.3 Å². The van der Waals surface area contributed by atoms with Gasteiger partial charge in [0.05, 0.1) is 17.6 Å². The molecule has 0 aliphatic carbocycles. The topological polar surface area (TPSA) is 59.9 Å². The van der Waals surface area contributed by atoms with Gasteiger partial charge in [-0.1, -0.05) is 38.5 Å². The number of hydrogen-bond acceptors (Lipinski definition) is 5. The summed E-state index contributed by atoms with van der Waals surface area (Å²) in [5.41, 5.74) is 3.17. The lowest BCUT2D eigenvalue weighted by atomic mass is 9.91. The summed E-state index contributed by atoms with van der Waals surface area (Å²) < 4.78 is 0. The van der Waals surface area contributed by atoms with E-state index in [4.69, 9.17) is 0 Å². The first kappa shape index (κ1) is 23.7. The Morgan fingerprint density at radius 1 is 1.06 bits per heavy atom. The molecule has 2 saturated heterocycles. The summed E-state index contributed by atoms with van der Waals surface area (Å²) in [5.74, 6) is 0.169. The van der Waals surface area contributed by atoms with Gasteiger partial charge in [0.2, 0.25) is 5.91 Å². The molecule has 1 aromatic carbocycles. The van der Waals surface area contributed by atoms with Crippen molar-refractivity contribution in [1.82, 2.24) is 9.88 Å². The van der Waals surface area contributed by atoms with Crippen LogP contribution in [0.25, 0.3) is 0 Å². The Hall–Kier alpha value is -2.44. The lowest BCUT2D eigenvalue weighted by Gasteiger charge is -2.35. The normalized spacial score (nSPS) is 21.5. The number of pyridine rings is 1. The summed E-state index contributed by atoms with van der Waals surface area (Å²) in [7, 11) is 2.17. The molecule has 1 aromatic heterocycles. The van der Waals surface area contributed by atoms with Crippen LogP contribution in [0.5, 0.6) is 0 Å². The Kier molecular flexibility index (Phi) is 7.35. The highest BCUT2D eigenvalue weighted by molar-refractivity contribution is 5.97.